The van der Waals surface area contributed by atoms with E-state index in [1.54, 1.807) is 0 Å². The molecule has 0 amide bonds. The van der Waals surface area contributed by atoms with Gasteiger partial charge in [0.1, 0.15) is 11.5 Å². The normalized spacial score (nSPS) is 13.5. The Bertz CT molecular complexity index is 2390. The summed E-state index contributed by atoms with van der Waals surface area (Å²) in [4.78, 5) is 19.9. The third-order valence-corrected chi connectivity index (χ3v) is 9.41. The zero-order chi connectivity index (χ0) is 32.5. The molecule has 0 unspecified atom stereocenters. The highest BCUT2D eigenvalue weighted by molar-refractivity contribution is 6.11. The maximum Gasteiger partial charge on any atom is 0.134 e. The van der Waals surface area contributed by atoms with Crippen molar-refractivity contribution in [3.8, 4) is 34.0 Å². The van der Waals surface area contributed by atoms with Gasteiger partial charge >= 0.3 is 0 Å². The molecule has 230 valence electrons. The number of fused-ring (bicyclic) bond motifs is 5. The van der Waals surface area contributed by atoms with Crippen molar-refractivity contribution in [2.75, 3.05) is 0 Å². The summed E-state index contributed by atoms with van der Waals surface area (Å²) in [6, 6.07) is 36.1. The Kier molecular flexibility index (Phi) is 6.27. The standard InChI is InChI=1S/C42H30N4O2/c1-23-17-29(41(47)31(19-23)37-21-27-7-3-5-9-33(27)43-37)35-15-13-25-11-12-26-14-16-36(46-40(26)39(25)45-35)30-18-24(2)20-32(42(30)48)38-22-28-8-4-6-10-34(28)44-38/h3-20,47-48H,21-22H2,1-2H3. The first-order valence-electron chi connectivity index (χ1n) is 16.1. The van der Waals surface area contributed by atoms with E-state index in [4.69, 9.17) is 20.0 Å². The van der Waals surface area contributed by atoms with Gasteiger partial charge in [-0.05, 0) is 84.6 Å². The minimum absolute atomic E-state index is 0.169. The number of aliphatic imine (C=N–C) groups is 2. The number of phenols is 2. The van der Waals surface area contributed by atoms with E-state index in [0.29, 0.717) is 35.4 Å². The van der Waals surface area contributed by atoms with Gasteiger partial charge in [-0.1, -0.05) is 60.7 Å². The summed E-state index contributed by atoms with van der Waals surface area (Å²) in [5.41, 5.74) is 13.4. The molecule has 2 aliphatic rings. The predicted molar refractivity (Wildman–Crippen MR) is 193 cm³/mol. The van der Waals surface area contributed by atoms with Gasteiger partial charge in [0.25, 0.3) is 0 Å². The Hall–Kier alpha value is -6.14. The van der Waals surface area contributed by atoms with Crippen molar-refractivity contribution < 1.29 is 10.2 Å². The number of benzene rings is 5. The summed E-state index contributed by atoms with van der Waals surface area (Å²) in [6.07, 6.45) is 1.34. The molecule has 5 aromatic carbocycles. The highest BCUT2D eigenvalue weighted by Gasteiger charge is 2.23. The summed E-state index contributed by atoms with van der Waals surface area (Å²) in [6.45, 7) is 4.05. The molecule has 9 rings (SSSR count). The average molecular weight is 623 g/mol. The van der Waals surface area contributed by atoms with Gasteiger partial charge in [-0.2, -0.15) is 0 Å². The van der Waals surface area contributed by atoms with E-state index in [1.807, 2.05) is 111 Å². The van der Waals surface area contributed by atoms with Crippen LogP contribution in [0.25, 0.3) is 44.3 Å². The van der Waals surface area contributed by atoms with Gasteiger partial charge in [-0.3, -0.25) is 9.98 Å². The quantitative estimate of drug-likeness (QED) is 0.191. The Morgan fingerprint density at radius 2 is 0.875 bits per heavy atom. The van der Waals surface area contributed by atoms with Crippen molar-refractivity contribution in [2.45, 2.75) is 26.7 Å². The monoisotopic (exact) mass is 622 g/mol. The number of hydrogen-bond donors (Lipinski definition) is 2. The van der Waals surface area contributed by atoms with Crippen molar-refractivity contribution in [1.29, 1.82) is 0 Å². The van der Waals surface area contributed by atoms with Crippen molar-refractivity contribution >= 4 is 44.6 Å². The molecule has 0 spiro atoms. The summed E-state index contributed by atoms with van der Waals surface area (Å²) in [5.74, 6) is 0.337. The number of aromatic hydroxyl groups is 2. The molecule has 0 saturated carbocycles. The third kappa shape index (κ3) is 4.56. The number of rotatable bonds is 4. The van der Waals surface area contributed by atoms with Crippen molar-refractivity contribution in [3.63, 3.8) is 0 Å². The van der Waals surface area contributed by atoms with Crippen molar-refractivity contribution in [1.82, 2.24) is 9.97 Å². The van der Waals surface area contributed by atoms with Crippen LogP contribution in [-0.2, 0) is 12.8 Å². The highest BCUT2D eigenvalue weighted by Crippen LogP contribution is 2.40. The highest BCUT2D eigenvalue weighted by atomic mass is 16.3. The van der Waals surface area contributed by atoms with Gasteiger partial charge in [0, 0.05) is 45.9 Å². The fraction of sp³-hybridized carbons (Fsp3) is 0.0952. The lowest BCUT2D eigenvalue weighted by Gasteiger charge is -2.14. The number of nitrogens with zero attached hydrogens (tertiary/aromatic N) is 4. The Labute approximate surface area is 277 Å². The summed E-state index contributed by atoms with van der Waals surface area (Å²) in [7, 11) is 0. The first-order chi connectivity index (χ1) is 23.4. The fourth-order valence-electron chi connectivity index (χ4n) is 7.04. The Morgan fingerprint density at radius 3 is 1.31 bits per heavy atom. The number of phenolic OH excluding ortho intramolecular Hbond substituents is 2. The first kappa shape index (κ1) is 28.1. The van der Waals surface area contributed by atoms with Crippen LogP contribution in [0.5, 0.6) is 11.5 Å². The molecule has 6 nitrogen and oxygen atoms in total. The van der Waals surface area contributed by atoms with E-state index in [2.05, 4.69) is 12.1 Å². The second kappa shape index (κ2) is 10.7. The molecule has 0 saturated heterocycles. The summed E-state index contributed by atoms with van der Waals surface area (Å²) < 4.78 is 0. The molecule has 6 heteroatoms. The molecule has 0 bridgehead atoms. The van der Waals surface area contributed by atoms with Gasteiger partial charge in [0.2, 0.25) is 0 Å². The zero-order valence-electron chi connectivity index (χ0n) is 26.5. The van der Waals surface area contributed by atoms with Gasteiger partial charge in [-0.15, -0.1) is 0 Å². The van der Waals surface area contributed by atoms with Gasteiger partial charge in [0.15, 0.2) is 0 Å². The lowest BCUT2D eigenvalue weighted by molar-refractivity contribution is 0.475. The zero-order valence-corrected chi connectivity index (χ0v) is 26.5. The lowest BCUT2D eigenvalue weighted by atomic mass is 9.96. The van der Waals surface area contributed by atoms with E-state index in [1.165, 1.54) is 0 Å². The van der Waals surface area contributed by atoms with Crippen LogP contribution < -0.4 is 0 Å². The molecule has 2 aromatic heterocycles. The number of aryl methyl sites for hydroxylation is 2. The number of para-hydroxylation sites is 2. The number of hydrogen-bond acceptors (Lipinski definition) is 6. The van der Waals surface area contributed by atoms with Crippen LogP contribution in [0.1, 0.15) is 33.4 Å². The van der Waals surface area contributed by atoms with E-state index in [0.717, 1.165) is 78.0 Å². The van der Waals surface area contributed by atoms with Crippen LogP contribution in [0, 0.1) is 13.8 Å². The Morgan fingerprint density at radius 1 is 0.479 bits per heavy atom. The van der Waals surface area contributed by atoms with E-state index in [-0.39, 0.29) is 11.5 Å². The molecule has 0 atom stereocenters. The van der Waals surface area contributed by atoms with Crippen LogP contribution in [-0.4, -0.2) is 31.6 Å². The molecule has 0 fully saturated rings. The molecule has 0 aliphatic carbocycles. The molecule has 2 N–H and O–H groups in total. The first-order valence-corrected chi connectivity index (χ1v) is 16.1. The third-order valence-electron chi connectivity index (χ3n) is 9.41. The van der Waals surface area contributed by atoms with E-state index >= 15 is 0 Å². The number of aromatic nitrogens is 2. The van der Waals surface area contributed by atoms with Gasteiger partial charge < -0.3 is 10.2 Å². The maximum atomic E-state index is 11.6. The summed E-state index contributed by atoms with van der Waals surface area (Å²) >= 11 is 0. The molecule has 4 heterocycles. The second-order valence-electron chi connectivity index (χ2n) is 12.7. The molecule has 7 aromatic rings. The van der Waals surface area contributed by atoms with Crippen LogP contribution in [0.3, 0.4) is 0 Å². The van der Waals surface area contributed by atoms with Crippen LogP contribution >= 0.6 is 0 Å². The lowest BCUT2D eigenvalue weighted by Crippen LogP contribution is -2.03. The molecular weight excluding hydrogens is 592 g/mol. The fourth-order valence-corrected chi connectivity index (χ4v) is 7.04. The topological polar surface area (TPSA) is 91.0 Å². The van der Waals surface area contributed by atoms with Gasteiger partial charge in [0.05, 0.1) is 45.2 Å². The maximum absolute atomic E-state index is 11.6. The molecule has 0 radical (unpaired) electrons. The van der Waals surface area contributed by atoms with Crippen LogP contribution in [0.15, 0.2) is 119 Å². The van der Waals surface area contributed by atoms with Crippen LogP contribution in [0.4, 0.5) is 11.4 Å². The smallest absolute Gasteiger partial charge is 0.134 e. The molecule has 48 heavy (non-hydrogen) atoms. The number of pyridine rings is 2. The van der Waals surface area contributed by atoms with Gasteiger partial charge in [-0.25, -0.2) is 9.97 Å². The minimum Gasteiger partial charge on any atom is -0.507 e. The van der Waals surface area contributed by atoms with Crippen LogP contribution in [0.2, 0.25) is 0 Å². The molecular formula is C42H30N4O2. The predicted octanol–water partition coefficient (Wildman–Crippen LogP) is 9.50. The SMILES string of the molecule is Cc1cc(C2=Nc3ccccc3C2)c(O)c(-c2ccc3ccc4ccc(-c5cc(C)cc(C6=Nc7ccccc7C6)c5O)nc4c3n2)c1. The second-order valence-corrected chi connectivity index (χ2v) is 12.7. The van der Waals surface area contributed by atoms with Crippen molar-refractivity contribution in [3.05, 3.63) is 143 Å². The largest absolute Gasteiger partial charge is 0.507 e. The average Bonchev–Trinajstić information content (AvgIpc) is 3.74. The Balaban J connectivity index is 1.15. The minimum atomic E-state index is 0.169. The van der Waals surface area contributed by atoms with E-state index < -0.39 is 0 Å². The summed E-state index contributed by atoms with van der Waals surface area (Å²) in [5, 5.41) is 25.2. The van der Waals surface area contributed by atoms with Crippen molar-refractivity contribution in [2.24, 2.45) is 9.98 Å². The molecule has 2 aliphatic heterocycles. The van der Waals surface area contributed by atoms with E-state index in [9.17, 15) is 10.2 Å².